The number of nitrogens with zero attached hydrogens (tertiary/aromatic N) is 6. The van der Waals surface area contributed by atoms with Crippen molar-refractivity contribution < 1.29 is 18.1 Å². The lowest BCUT2D eigenvalue weighted by molar-refractivity contribution is 0.00922. The molecule has 1 N–H and O–H groups in total. The van der Waals surface area contributed by atoms with Gasteiger partial charge in [0, 0.05) is 36.9 Å². The van der Waals surface area contributed by atoms with Gasteiger partial charge in [0.1, 0.15) is 28.7 Å². The van der Waals surface area contributed by atoms with Crippen molar-refractivity contribution in [1.82, 2.24) is 28.6 Å². The second kappa shape index (κ2) is 10.1. The standard InChI is InChI=1S/C30H30F2N6O2S/c1-36-17-28(34-18-36)41(40)38(24-8-9-24)25-5-2-20-12-27-19(16-35-37(27)23-6-3-21(31)4-7-23)14-30(20,15-25)29(39)26-13-22(32)10-11-33-26/h3-4,6-7,10-13,16-18,24-25,29,39H,2,5,8-9,14-15H2,1H3. The van der Waals surface area contributed by atoms with E-state index < -0.39 is 28.3 Å². The molecule has 0 aliphatic heterocycles. The van der Waals surface area contributed by atoms with Gasteiger partial charge in [-0.2, -0.15) is 5.10 Å². The third-order valence-corrected chi connectivity index (χ3v) is 10.2. The van der Waals surface area contributed by atoms with Crippen LogP contribution in [0.5, 0.6) is 0 Å². The minimum Gasteiger partial charge on any atom is -0.386 e. The number of fused-ring (bicyclic) bond motifs is 2. The summed E-state index contributed by atoms with van der Waals surface area (Å²) in [6, 6.07) is 8.85. The Kier molecular flexibility index (Phi) is 6.48. The van der Waals surface area contributed by atoms with Crippen molar-refractivity contribution in [3.8, 4) is 5.69 Å². The van der Waals surface area contributed by atoms with Gasteiger partial charge in [0.15, 0.2) is 5.03 Å². The number of hydrogen-bond acceptors (Lipinski definition) is 5. The predicted molar refractivity (Wildman–Crippen MR) is 149 cm³/mol. The SMILES string of the molecule is Cn1cnc(S(=O)N(C2CC2)C2CCC3=Cc4c(cnn4-c4ccc(F)cc4)CC3(C(O)c3cc(F)ccn3)C2)c1. The molecule has 8 nitrogen and oxygen atoms in total. The molecule has 4 atom stereocenters. The minimum atomic E-state index is -1.45. The van der Waals surface area contributed by atoms with E-state index in [4.69, 9.17) is 0 Å². The van der Waals surface area contributed by atoms with Crippen LogP contribution in [0.2, 0.25) is 0 Å². The van der Waals surface area contributed by atoms with Crippen molar-refractivity contribution in [2.75, 3.05) is 0 Å². The summed E-state index contributed by atoms with van der Waals surface area (Å²) in [5.41, 5.74) is 3.06. The first-order valence-electron chi connectivity index (χ1n) is 13.8. The third-order valence-electron chi connectivity index (χ3n) is 8.63. The molecule has 0 radical (unpaired) electrons. The maximum absolute atomic E-state index is 14.3. The van der Waals surface area contributed by atoms with Gasteiger partial charge in [-0.1, -0.05) is 5.57 Å². The Morgan fingerprint density at radius 2 is 1.90 bits per heavy atom. The first kappa shape index (κ1) is 26.4. The van der Waals surface area contributed by atoms with E-state index >= 15 is 0 Å². The molecule has 3 aliphatic rings. The van der Waals surface area contributed by atoms with E-state index in [1.165, 1.54) is 30.5 Å². The van der Waals surface area contributed by atoms with Gasteiger partial charge in [0.05, 0.1) is 29.6 Å². The maximum Gasteiger partial charge on any atom is 0.160 e. The van der Waals surface area contributed by atoms with Crippen molar-refractivity contribution >= 4 is 17.1 Å². The fourth-order valence-electron chi connectivity index (χ4n) is 6.54. The van der Waals surface area contributed by atoms with Crippen LogP contribution < -0.4 is 0 Å². The smallest absolute Gasteiger partial charge is 0.160 e. The molecule has 0 amide bonds. The summed E-state index contributed by atoms with van der Waals surface area (Å²) in [6.45, 7) is 0. The molecular weight excluding hydrogens is 546 g/mol. The van der Waals surface area contributed by atoms with Crippen molar-refractivity contribution in [2.45, 2.75) is 61.7 Å². The first-order chi connectivity index (χ1) is 19.8. The van der Waals surface area contributed by atoms with E-state index in [1.54, 1.807) is 40.1 Å². The largest absolute Gasteiger partial charge is 0.386 e. The summed E-state index contributed by atoms with van der Waals surface area (Å²) in [5.74, 6) is -0.778. The van der Waals surface area contributed by atoms with Gasteiger partial charge in [0.25, 0.3) is 0 Å². The summed E-state index contributed by atoms with van der Waals surface area (Å²) in [6.07, 6.45) is 11.9. The van der Waals surface area contributed by atoms with Crippen molar-refractivity contribution in [3.63, 3.8) is 0 Å². The Balaban J connectivity index is 1.30. The molecule has 4 unspecified atom stereocenters. The fraction of sp³-hybridized carbons (Fsp3) is 0.367. The molecule has 0 bridgehead atoms. The fourth-order valence-corrected chi connectivity index (χ4v) is 8.08. The van der Waals surface area contributed by atoms with E-state index in [0.29, 0.717) is 24.3 Å². The molecule has 3 aromatic heterocycles. The third kappa shape index (κ3) is 4.65. The average Bonchev–Trinajstić information content (AvgIpc) is 3.57. The van der Waals surface area contributed by atoms with Crippen molar-refractivity contribution in [3.05, 3.63) is 95.5 Å². The highest BCUT2D eigenvalue weighted by molar-refractivity contribution is 7.82. The Morgan fingerprint density at radius 3 is 2.61 bits per heavy atom. The van der Waals surface area contributed by atoms with Crippen LogP contribution in [0, 0.1) is 17.0 Å². The zero-order valence-corrected chi connectivity index (χ0v) is 23.3. The Bertz CT molecular complexity index is 1660. The summed E-state index contributed by atoms with van der Waals surface area (Å²) in [7, 11) is 0.409. The Labute approximate surface area is 239 Å². The van der Waals surface area contributed by atoms with Gasteiger partial charge in [-0.25, -0.2) is 27.0 Å². The molecule has 1 aromatic carbocycles. The van der Waals surface area contributed by atoms with Crippen LogP contribution in [0.4, 0.5) is 8.78 Å². The van der Waals surface area contributed by atoms with Gasteiger partial charge in [-0.3, -0.25) is 4.98 Å². The number of aryl methyl sites for hydroxylation is 1. The van der Waals surface area contributed by atoms with E-state index in [0.717, 1.165) is 41.8 Å². The number of aromatic nitrogens is 5. The predicted octanol–water partition coefficient (Wildman–Crippen LogP) is 4.68. The normalized spacial score (nSPS) is 23.5. The molecule has 212 valence electrons. The van der Waals surface area contributed by atoms with Crippen LogP contribution >= 0.6 is 0 Å². The number of imidazole rings is 1. The van der Waals surface area contributed by atoms with Crippen LogP contribution in [0.25, 0.3) is 11.8 Å². The van der Waals surface area contributed by atoms with Crippen molar-refractivity contribution in [1.29, 1.82) is 0 Å². The number of pyridine rings is 1. The highest BCUT2D eigenvalue weighted by Gasteiger charge is 2.52. The number of rotatable bonds is 7. The first-order valence-corrected chi connectivity index (χ1v) is 14.9. The average molecular weight is 577 g/mol. The summed E-state index contributed by atoms with van der Waals surface area (Å²) >= 11 is 0. The van der Waals surface area contributed by atoms with Gasteiger partial charge >= 0.3 is 0 Å². The zero-order valence-electron chi connectivity index (χ0n) is 22.5. The molecule has 2 saturated carbocycles. The van der Waals surface area contributed by atoms with E-state index in [9.17, 15) is 18.1 Å². The lowest BCUT2D eigenvalue weighted by Gasteiger charge is -2.49. The Hall–Kier alpha value is -3.54. The molecule has 4 aromatic rings. The van der Waals surface area contributed by atoms with E-state index in [-0.39, 0.29) is 23.6 Å². The van der Waals surface area contributed by atoms with Crippen LogP contribution in [0.3, 0.4) is 0 Å². The molecule has 0 spiro atoms. The molecule has 0 saturated heterocycles. The lowest BCUT2D eigenvalue weighted by atomic mass is 9.59. The van der Waals surface area contributed by atoms with Crippen molar-refractivity contribution in [2.24, 2.45) is 12.5 Å². The highest BCUT2D eigenvalue weighted by atomic mass is 32.2. The number of hydrogen-bond donors (Lipinski definition) is 1. The topological polar surface area (TPSA) is 89.1 Å². The highest BCUT2D eigenvalue weighted by Crippen LogP contribution is 2.56. The number of aliphatic hydroxyl groups is 1. The van der Waals surface area contributed by atoms with E-state index in [2.05, 4.69) is 25.4 Å². The molecule has 7 rings (SSSR count). The summed E-state index contributed by atoms with van der Waals surface area (Å²) < 4.78 is 47.5. The monoisotopic (exact) mass is 576 g/mol. The summed E-state index contributed by atoms with van der Waals surface area (Å²) in [5, 5.41) is 17.1. The quantitative estimate of drug-likeness (QED) is 0.345. The Morgan fingerprint density at radius 1 is 1.10 bits per heavy atom. The molecular formula is C30H30F2N6O2S. The second-order valence-corrected chi connectivity index (χ2v) is 12.7. The molecule has 3 aliphatic carbocycles. The molecule has 41 heavy (non-hydrogen) atoms. The number of aliphatic hydroxyl groups excluding tert-OH is 1. The van der Waals surface area contributed by atoms with Crippen LogP contribution in [-0.2, 0) is 24.5 Å². The van der Waals surface area contributed by atoms with E-state index in [1.807, 2.05) is 7.05 Å². The summed E-state index contributed by atoms with van der Waals surface area (Å²) in [4.78, 5) is 8.73. The molecule has 2 fully saturated rings. The van der Waals surface area contributed by atoms with Crippen LogP contribution in [0.15, 0.2) is 71.9 Å². The van der Waals surface area contributed by atoms with Crippen LogP contribution in [0.1, 0.15) is 55.2 Å². The van der Waals surface area contributed by atoms with Gasteiger partial charge in [0.2, 0.25) is 0 Å². The second-order valence-electron chi connectivity index (χ2n) is 11.4. The van der Waals surface area contributed by atoms with Gasteiger partial charge < -0.3 is 9.67 Å². The molecule has 3 heterocycles. The minimum absolute atomic E-state index is 0.0839. The molecule has 11 heteroatoms. The van der Waals surface area contributed by atoms with Gasteiger partial charge in [-0.15, -0.1) is 0 Å². The number of benzene rings is 1. The number of halogens is 2. The van der Waals surface area contributed by atoms with Crippen LogP contribution in [-0.4, -0.2) is 50.0 Å². The zero-order chi connectivity index (χ0) is 28.3. The van der Waals surface area contributed by atoms with Gasteiger partial charge in [-0.05, 0) is 86.6 Å². The lowest BCUT2D eigenvalue weighted by Crippen LogP contribution is -2.49. The maximum atomic E-state index is 14.3.